The molecule has 0 aromatic heterocycles. The number of hydrogen-bond donors (Lipinski definition) is 0. The summed E-state index contributed by atoms with van der Waals surface area (Å²) < 4.78 is 12.2. The van der Waals surface area contributed by atoms with E-state index in [1.807, 2.05) is 6.92 Å². The standard InChI is InChI=1S/C14H32O2Si/c1-9-15-17(7,8)16-14(6,10-12(2)3)11-13(4)5/h12-13H,9-11H2,1-8H3. The van der Waals surface area contributed by atoms with Gasteiger partial charge in [-0.15, -0.1) is 0 Å². The van der Waals surface area contributed by atoms with Crippen LogP contribution in [0.5, 0.6) is 0 Å². The van der Waals surface area contributed by atoms with E-state index < -0.39 is 8.56 Å². The Hall–Kier alpha value is 0.137. The summed E-state index contributed by atoms with van der Waals surface area (Å²) in [5, 5.41) is 0. The second kappa shape index (κ2) is 6.91. The van der Waals surface area contributed by atoms with Crippen LogP contribution in [0.2, 0.25) is 13.1 Å². The van der Waals surface area contributed by atoms with Gasteiger partial charge in [0.15, 0.2) is 0 Å². The quantitative estimate of drug-likeness (QED) is 0.594. The monoisotopic (exact) mass is 260 g/mol. The lowest BCUT2D eigenvalue weighted by atomic mass is 9.87. The molecule has 0 heterocycles. The summed E-state index contributed by atoms with van der Waals surface area (Å²) in [6.07, 6.45) is 2.21. The molecule has 0 bridgehead atoms. The molecule has 0 N–H and O–H groups in total. The van der Waals surface area contributed by atoms with Gasteiger partial charge < -0.3 is 8.85 Å². The van der Waals surface area contributed by atoms with Gasteiger partial charge >= 0.3 is 8.56 Å². The molecule has 0 amide bonds. The molecular weight excluding hydrogens is 228 g/mol. The summed E-state index contributed by atoms with van der Waals surface area (Å²) in [6.45, 7) is 18.4. The SMILES string of the molecule is CCO[Si](C)(C)OC(C)(CC(C)C)CC(C)C. The van der Waals surface area contributed by atoms with Crippen LogP contribution < -0.4 is 0 Å². The third kappa shape index (κ3) is 7.95. The lowest BCUT2D eigenvalue weighted by Crippen LogP contribution is -2.46. The van der Waals surface area contributed by atoms with Crippen molar-refractivity contribution in [2.24, 2.45) is 11.8 Å². The van der Waals surface area contributed by atoms with Gasteiger partial charge in [-0.1, -0.05) is 27.7 Å². The third-order valence-electron chi connectivity index (χ3n) is 2.66. The summed E-state index contributed by atoms with van der Waals surface area (Å²) >= 11 is 0. The third-order valence-corrected chi connectivity index (χ3v) is 4.63. The lowest BCUT2D eigenvalue weighted by molar-refractivity contribution is 0.00730. The predicted molar refractivity (Wildman–Crippen MR) is 77.5 cm³/mol. The van der Waals surface area contributed by atoms with Gasteiger partial charge in [-0.2, -0.15) is 0 Å². The van der Waals surface area contributed by atoms with Crippen molar-refractivity contribution in [2.45, 2.75) is 73.1 Å². The fourth-order valence-electron chi connectivity index (χ4n) is 2.86. The lowest BCUT2D eigenvalue weighted by Gasteiger charge is -2.39. The summed E-state index contributed by atoms with van der Waals surface area (Å²) in [6, 6.07) is 0. The molecule has 0 aliphatic rings. The van der Waals surface area contributed by atoms with Crippen LogP contribution in [0.25, 0.3) is 0 Å². The fourth-order valence-corrected chi connectivity index (χ4v) is 4.97. The second-order valence-electron chi connectivity index (χ2n) is 6.58. The zero-order valence-electron chi connectivity index (χ0n) is 13.1. The molecule has 0 rings (SSSR count). The Morgan fingerprint density at radius 1 is 1.00 bits per heavy atom. The maximum absolute atomic E-state index is 6.40. The van der Waals surface area contributed by atoms with Crippen LogP contribution in [0.4, 0.5) is 0 Å². The van der Waals surface area contributed by atoms with Crippen LogP contribution in [-0.2, 0) is 8.85 Å². The number of hydrogen-bond acceptors (Lipinski definition) is 2. The summed E-state index contributed by atoms with van der Waals surface area (Å²) in [4.78, 5) is 0. The molecular formula is C14H32O2Si. The zero-order valence-corrected chi connectivity index (χ0v) is 14.1. The van der Waals surface area contributed by atoms with E-state index in [1.54, 1.807) is 0 Å². The first kappa shape index (κ1) is 17.1. The summed E-state index contributed by atoms with van der Waals surface area (Å²) in [5.74, 6) is 1.32. The van der Waals surface area contributed by atoms with E-state index in [4.69, 9.17) is 8.85 Å². The molecule has 0 saturated carbocycles. The highest BCUT2D eigenvalue weighted by Crippen LogP contribution is 2.31. The van der Waals surface area contributed by atoms with E-state index in [0.29, 0.717) is 11.8 Å². The molecule has 0 aromatic carbocycles. The zero-order chi connectivity index (χ0) is 13.7. The molecule has 2 nitrogen and oxygen atoms in total. The molecule has 0 atom stereocenters. The average Bonchev–Trinajstić information content (AvgIpc) is 1.95. The van der Waals surface area contributed by atoms with Gasteiger partial charge in [0.25, 0.3) is 0 Å². The van der Waals surface area contributed by atoms with E-state index in [2.05, 4.69) is 47.7 Å². The van der Waals surface area contributed by atoms with Crippen LogP contribution in [-0.4, -0.2) is 20.8 Å². The Labute approximate surface area is 109 Å². The average molecular weight is 260 g/mol. The largest absolute Gasteiger partial charge is 0.395 e. The van der Waals surface area contributed by atoms with Crippen molar-refractivity contribution in [1.82, 2.24) is 0 Å². The highest BCUT2D eigenvalue weighted by atomic mass is 28.4. The Morgan fingerprint density at radius 3 is 1.71 bits per heavy atom. The van der Waals surface area contributed by atoms with E-state index >= 15 is 0 Å². The van der Waals surface area contributed by atoms with Crippen molar-refractivity contribution < 1.29 is 8.85 Å². The Balaban J connectivity index is 4.68. The van der Waals surface area contributed by atoms with Crippen molar-refractivity contribution >= 4 is 8.56 Å². The van der Waals surface area contributed by atoms with Gasteiger partial charge in [-0.25, -0.2) is 0 Å². The first-order valence-corrected chi connectivity index (χ1v) is 9.76. The Kier molecular flexibility index (Phi) is 6.96. The second-order valence-corrected chi connectivity index (χ2v) is 9.87. The molecule has 3 heteroatoms. The minimum absolute atomic E-state index is 0.0345. The van der Waals surface area contributed by atoms with Crippen molar-refractivity contribution in [2.75, 3.05) is 6.61 Å². The van der Waals surface area contributed by atoms with Crippen LogP contribution in [0.3, 0.4) is 0 Å². The van der Waals surface area contributed by atoms with Gasteiger partial charge in [-0.05, 0) is 51.6 Å². The molecule has 17 heavy (non-hydrogen) atoms. The highest BCUT2D eigenvalue weighted by molar-refractivity contribution is 6.64. The van der Waals surface area contributed by atoms with E-state index in [9.17, 15) is 0 Å². The molecule has 0 aliphatic carbocycles. The van der Waals surface area contributed by atoms with Crippen molar-refractivity contribution in [3.63, 3.8) is 0 Å². The first-order valence-electron chi connectivity index (χ1n) is 6.94. The smallest absolute Gasteiger partial charge is 0.332 e. The topological polar surface area (TPSA) is 18.5 Å². The molecule has 0 spiro atoms. The summed E-state index contributed by atoms with van der Waals surface area (Å²) in [5.41, 5.74) is -0.0345. The van der Waals surface area contributed by atoms with Crippen LogP contribution in [0, 0.1) is 11.8 Å². The predicted octanol–water partition coefficient (Wildman–Crippen LogP) is 4.59. The highest BCUT2D eigenvalue weighted by Gasteiger charge is 2.36. The molecule has 0 radical (unpaired) electrons. The van der Waals surface area contributed by atoms with Gasteiger partial charge in [0.05, 0.1) is 5.60 Å². The maximum Gasteiger partial charge on any atom is 0.332 e. The van der Waals surface area contributed by atoms with Crippen LogP contribution in [0.1, 0.15) is 54.4 Å². The van der Waals surface area contributed by atoms with Gasteiger partial charge in [0, 0.05) is 6.61 Å². The molecule has 0 unspecified atom stereocenters. The molecule has 104 valence electrons. The Bertz CT molecular complexity index is 202. The molecule has 0 aliphatic heterocycles. The number of rotatable bonds is 8. The fraction of sp³-hybridized carbons (Fsp3) is 1.00. The van der Waals surface area contributed by atoms with Crippen molar-refractivity contribution in [3.05, 3.63) is 0 Å². The van der Waals surface area contributed by atoms with E-state index in [1.165, 1.54) is 0 Å². The van der Waals surface area contributed by atoms with Crippen molar-refractivity contribution in [3.8, 4) is 0 Å². The molecule has 0 fully saturated rings. The Morgan fingerprint density at radius 2 is 1.41 bits per heavy atom. The minimum Gasteiger partial charge on any atom is -0.395 e. The van der Waals surface area contributed by atoms with E-state index in [0.717, 1.165) is 19.4 Å². The first-order chi connectivity index (χ1) is 7.60. The normalized spacial score (nSPS) is 13.8. The van der Waals surface area contributed by atoms with Gasteiger partial charge in [-0.3, -0.25) is 0 Å². The maximum atomic E-state index is 6.40. The minimum atomic E-state index is -1.97. The van der Waals surface area contributed by atoms with Gasteiger partial charge in [0.1, 0.15) is 0 Å². The van der Waals surface area contributed by atoms with Crippen LogP contribution >= 0.6 is 0 Å². The van der Waals surface area contributed by atoms with Crippen molar-refractivity contribution in [1.29, 1.82) is 0 Å². The summed E-state index contributed by atoms with van der Waals surface area (Å²) in [7, 11) is -1.97. The molecule has 0 aromatic rings. The molecule has 0 saturated heterocycles. The van der Waals surface area contributed by atoms with Gasteiger partial charge in [0.2, 0.25) is 0 Å². The van der Waals surface area contributed by atoms with Crippen LogP contribution in [0.15, 0.2) is 0 Å². The van der Waals surface area contributed by atoms with E-state index in [-0.39, 0.29) is 5.60 Å².